The Morgan fingerprint density at radius 3 is 2.60 bits per heavy atom. The van der Waals surface area contributed by atoms with Gasteiger partial charge in [-0.25, -0.2) is 0 Å². The molecule has 0 aliphatic rings. The second-order valence-electron chi connectivity index (χ2n) is 8.51. The minimum Gasteiger partial charge on any atom is -0.481 e. The largest absolute Gasteiger partial charge is 0.481 e. The predicted molar refractivity (Wildman–Crippen MR) is 102 cm³/mol. The first kappa shape index (κ1) is 21.1. The van der Waals surface area contributed by atoms with Gasteiger partial charge in [0.2, 0.25) is 0 Å². The van der Waals surface area contributed by atoms with Crippen LogP contribution in [0.5, 0.6) is 0 Å². The van der Waals surface area contributed by atoms with E-state index in [1.807, 2.05) is 10.8 Å². The number of carboxylic acids is 1. The molecule has 5 heteroatoms. The Bertz CT molecular complexity index is 604. The van der Waals surface area contributed by atoms with Crippen LogP contribution in [0.3, 0.4) is 0 Å². The van der Waals surface area contributed by atoms with Crippen molar-refractivity contribution in [2.24, 2.45) is 16.7 Å². The summed E-state index contributed by atoms with van der Waals surface area (Å²) < 4.78 is 2.03. The van der Waals surface area contributed by atoms with Gasteiger partial charge in [-0.1, -0.05) is 32.8 Å². The Kier molecular flexibility index (Phi) is 7.13. The molecule has 0 saturated carbocycles. The lowest BCUT2D eigenvalue weighted by Crippen LogP contribution is -2.35. The molecule has 1 atom stereocenters. The van der Waals surface area contributed by atoms with E-state index >= 15 is 0 Å². The number of rotatable bonds is 11. The van der Waals surface area contributed by atoms with Gasteiger partial charge in [0.05, 0.1) is 17.7 Å². The van der Waals surface area contributed by atoms with Gasteiger partial charge in [0, 0.05) is 25.8 Å². The number of nitrogens with zero attached hydrogens (tertiary/aromatic N) is 2. The van der Waals surface area contributed by atoms with Crippen LogP contribution in [-0.4, -0.2) is 38.8 Å². The third-order valence-electron chi connectivity index (χ3n) is 4.35. The third-order valence-corrected chi connectivity index (χ3v) is 4.35. The number of aromatic nitrogens is 2. The normalized spacial score (nSPS) is 13.6. The van der Waals surface area contributed by atoms with Gasteiger partial charge >= 0.3 is 5.97 Å². The standard InChI is InChI=1S/C20H33N3O2/c1-8-10-22(11-16(3)9-2)12-17-13-23(21-17)15-19(4,5)14-20(6,7)18(24)25/h1,9,13,16,21H,2,10-12,14-15H2,3-7H3,(H,24,25). The summed E-state index contributed by atoms with van der Waals surface area (Å²) in [7, 11) is 0. The van der Waals surface area contributed by atoms with Gasteiger partial charge in [-0.3, -0.25) is 14.4 Å². The molecule has 1 rings (SSSR count). The molecule has 1 unspecified atom stereocenters. The Morgan fingerprint density at radius 2 is 2.12 bits per heavy atom. The van der Waals surface area contributed by atoms with Gasteiger partial charge in [-0.2, -0.15) is 0 Å². The Balaban J connectivity index is 2.61. The maximum Gasteiger partial charge on any atom is 0.309 e. The maximum absolute atomic E-state index is 11.3. The topological polar surface area (TPSA) is 61.3 Å². The van der Waals surface area contributed by atoms with Crippen LogP contribution in [0.2, 0.25) is 0 Å². The summed E-state index contributed by atoms with van der Waals surface area (Å²) in [5.74, 6) is 2.34. The quantitative estimate of drug-likeness (QED) is 0.475. The molecule has 0 radical (unpaired) electrons. The summed E-state index contributed by atoms with van der Waals surface area (Å²) in [5.41, 5.74) is 0.276. The molecule has 0 aromatic carbocycles. The fourth-order valence-electron chi connectivity index (χ4n) is 3.35. The second kappa shape index (κ2) is 8.44. The molecule has 0 amide bonds. The molecule has 2 N–H and O–H groups in total. The van der Waals surface area contributed by atoms with E-state index in [-0.39, 0.29) is 5.41 Å². The Hall–Kier alpha value is -1.93. The van der Waals surface area contributed by atoms with Crippen molar-refractivity contribution in [3.8, 4) is 12.3 Å². The van der Waals surface area contributed by atoms with E-state index in [0.717, 1.165) is 25.3 Å². The van der Waals surface area contributed by atoms with E-state index in [9.17, 15) is 9.90 Å². The van der Waals surface area contributed by atoms with Gasteiger partial charge in [0.15, 0.2) is 0 Å². The Labute approximate surface area is 152 Å². The first-order chi connectivity index (χ1) is 11.5. The highest BCUT2D eigenvalue weighted by Crippen LogP contribution is 2.35. The molecule has 25 heavy (non-hydrogen) atoms. The van der Waals surface area contributed by atoms with Gasteiger partial charge in [-0.05, 0) is 31.6 Å². The van der Waals surface area contributed by atoms with E-state index in [0.29, 0.717) is 18.9 Å². The summed E-state index contributed by atoms with van der Waals surface area (Å²) in [6.45, 7) is 16.7. The van der Waals surface area contributed by atoms with E-state index in [1.165, 1.54) is 0 Å². The number of nitrogens with one attached hydrogen (secondary N) is 1. The number of hydrogen-bond acceptors (Lipinski definition) is 2. The van der Waals surface area contributed by atoms with Crippen molar-refractivity contribution in [3.05, 3.63) is 24.5 Å². The highest BCUT2D eigenvalue weighted by molar-refractivity contribution is 5.73. The second-order valence-corrected chi connectivity index (χ2v) is 8.51. The number of carbonyl (C=O) groups is 1. The Morgan fingerprint density at radius 1 is 1.52 bits per heavy atom. The van der Waals surface area contributed by atoms with Gasteiger partial charge in [-0.15, -0.1) is 13.0 Å². The van der Waals surface area contributed by atoms with Crippen molar-refractivity contribution in [3.63, 3.8) is 0 Å². The molecule has 0 aliphatic carbocycles. The number of carboxylic acid groups (broad SMARTS) is 1. The fourth-order valence-corrected chi connectivity index (χ4v) is 3.35. The van der Waals surface area contributed by atoms with Crippen LogP contribution in [0, 0.1) is 29.1 Å². The molecule has 0 spiro atoms. The number of hydrogen-bond donors (Lipinski definition) is 2. The van der Waals surface area contributed by atoms with Crippen LogP contribution in [0.15, 0.2) is 18.9 Å². The van der Waals surface area contributed by atoms with Crippen LogP contribution in [0.1, 0.15) is 46.7 Å². The summed E-state index contributed by atoms with van der Waals surface area (Å²) in [6.07, 6.45) is 10.1. The van der Waals surface area contributed by atoms with Gasteiger partial charge in [0.25, 0.3) is 0 Å². The lowest BCUT2D eigenvalue weighted by Gasteiger charge is -2.34. The highest BCUT2D eigenvalue weighted by atomic mass is 16.4. The molecule has 0 fully saturated rings. The van der Waals surface area contributed by atoms with E-state index < -0.39 is 11.4 Å². The van der Waals surface area contributed by atoms with Crippen molar-refractivity contribution in [2.75, 3.05) is 13.1 Å². The zero-order chi connectivity index (χ0) is 19.3. The first-order valence-electron chi connectivity index (χ1n) is 8.75. The van der Waals surface area contributed by atoms with Crippen molar-refractivity contribution in [2.45, 2.75) is 54.1 Å². The maximum atomic E-state index is 11.3. The van der Waals surface area contributed by atoms with Crippen molar-refractivity contribution < 1.29 is 9.90 Å². The molecule has 0 aliphatic heterocycles. The minimum atomic E-state index is -0.755. The summed E-state index contributed by atoms with van der Waals surface area (Å²) in [5, 5.41) is 12.7. The molecule has 1 aromatic heterocycles. The number of terminal acetylenes is 1. The third kappa shape index (κ3) is 6.83. The highest BCUT2D eigenvalue weighted by Gasteiger charge is 2.35. The molecular formula is C20H33N3O2. The van der Waals surface area contributed by atoms with Crippen LogP contribution in [0.25, 0.3) is 0 Å². The molecular weight excluding hydrogens is 314 g/mol. The lowest BCUT2D eigenvalue weighted by atomic mass is 9.75. The SMILES string of the molecule is C#CCN(Cc1cn(CC(C)(C)CC(C)(C)C(=O)O)[nH]1)CC(C)C=C. The van der Waals surface area contributed by atoms with Crippen molar-refractivity contribution in [1.29, 1.82) is 0 Å². The monoisotopic (exact) mass is 347 g/mol. The number of aromatic amines is 1. The first-order valence-corrected chi connectivity index (χ1v) is 8.75. The molecule has 0 saturated heterocycles. The summed E-state index contributed by atoms with van der Waals surface area (Å²) in [6, 6.07) is 0. The fraction of sp³-hybridized carbons (Fsp3) is 0.650. The molecule has 0 bridgehead atoms. The van der Waals surface area contributed by atoms with E-state index in [1.54, 1.807) is 13.8 Å². The number of aliphatic carboxylic acids is 1. The lowest BCUT2D eigenvalue weighted by molar-refractivity contribution is -0.148. The minimum absolute atomic E-state index is 0.118. The number of H-pyrrole nitrogens is 1. The molecule has 140 valence electrons. The molecule has 1 aromatic rings. The van der Waals surface area contributed by atoms with Crippen molar-refractivity contribution >= 4 is 5.97 Å². The zero-order valence-electron chi connectivity index (χ0n) is 16.3. The van der Waals surface area contributed by atoms with Gasteiger partial charge in [0.1, 0.15) is 0 Å². The average Bonchev–Trinajstić information content (AvgIpc) is 2.43. The molecule has 1 heterocycles. The van der Waals surface area contributed by atoms with Crippen LogP contribution in [-0.2, 0) is 17.9 Å². The van der Waals surface area contributed by atoms with Crippen LogP contribution < -0.4 is 0 Å². The van der Waals surface area contributed by atoms with Gasteiger partial charge < -0.3 is 10.2 Å². The summed E-state index contributed by atoms with van der Waals surface area (Å²) in [4.78, 5) is 13.6. The van der Waals surface area contributed by atoms with E-state index in [2.05, 4.69) is 49.5 Å². The summed E-state index contributed by atoms with van der Waals surface area (Å²) >= 11 is 0. The average molecular weight is 348 g/mol. The van der Waals surface area contributed by atoms with Crippen LogP contribution >= 0.6 is 0 Å². The predicted octanol–water partition coefficient (Wildman–Crippen LogP) is 3.60. The van der Waals surface area contributed by atoms with Crippen molar-refractivity contribution in [1.82, 2.24) is 14.7 Å². The zero-order valence-corrected chi connectivity index (χ0v) is 16.3. The van der Waals surface area contributed by atoms with Crippen LogP contribution in [0.4, 0.5) is 0 Å². The van der Waals surface area contributed by atoms with E-state index in [4.69, 9.17) is 6.42 Å². The smallest absolute Gasteiger partial charge is 0.309 e. The molecule has 5 nitrogen and oxygen atoms in total.